The molecule has 1 aromatic carbocycles. The van der Waals surface area contributed by atoms with Crippen LogP contribution in [-0.2, 0) is 6.42 Å². The van der Waals surface area contributed by atoms with Crippen molar-refractivity contribution in [3.05, 3.63) is 72.9 Å². The summed E-state index contributed by atoms with van der Waals surface area (Å²) in [5.74, 6) is 1.40. The second kappa shape index (κ2) is 6.45. The van der Waals surface area contributed by atoms with Crippen molar-refractivity contribution in [1.29, 1.82) is 0 Å². The van der Waals surface area contributed by atoms with E-state index in [4.69, 9.17) is 0 Å². The minimum atomic E-state index is 0.606. The highest BCUT2D eigenvalue weighted by Crippen LogP contribution is 2.16. The molecule has 1 N–H and O–H groups in total. The van der Waals surface area contributed by atoms with Gasteiger partial charge < -0.3 is 5.32 Å². The van der Waals surface area contributed by atoms with Gasteiger partial charge in [-0.2, -0.15) is 4.98 Å². The van der Waals surface area contributed by atoms with E-state index in [2.05, 4.69) is 31.3 Å². The molecule has 0 atom stereocenters. The number of fused-ring (bicyclic) bond motifs is 1. The molecule has 118 valence electrons. The number of para-hydroxylation sites is 2. The number of anilines is 1. The smallest absolute Gasteiger partial charge is 0.224 e. The fourth-order valence-corrected chi connectivity index (χ4v) is 2.57. The molecule has 0 fully saturated rings. The van der Waals surface area contributed by atoms with Crippen molar-refractivity contribution in [1.82, 2.24) is 24.5 Å². The van der Waals surface area contributed by atoms with Crippen molar-refractivity contribution < 1.29 is 0 Å². The lowest BCUT2D eigenvalue weighted by Gasteiger charge is -2.07. The van der Waals surface area contributed by atoms with E-state index in [1.807, 2.05) is 47.2 Å². The molecule has 0 unspecified atom stereocenters. The fourth-order valence-electron chi connectivity index (χ4n) is 2.57. The SMILES string of the molecule is c1cncc(CCNc2nccc(-n3cnc4ccccc43)n2)c1. The largest absolute Gasteiger partial charge is 0.354 e. The minimum Gasteiger partial charge on any atom is -0.354 e. The predicted molar refractivity (Wildman–Crippen MR) is 93.1 cm³/mol. The average Bonchev–Trinajstić information content (AvgIpc) is 3.07. The first kappa shape index (κ1) is 14.3. The van der Waals surface area contributed by atoms with Crippen LogP contribution in [0.5, 0.6) is 0 Å². The second-order valence-corrected chi connectivity index (χ2v) is 5.38. The van der Waals surface area contributed by atoms with E-state index in [0.29, 0.717) is 5.95 Å². The maximum absolute atomic E-state index is 4.58. The summed E-state index contributed by atoms with van der Waals surface area (Å²) < 4.78 is 1.96. The lowest BCUT2D eigenvalue weighted by molar-refractivity contribution is 0.949. The van der Waals surface area contributed by atoms with Gasteiger partial charge in [-0.3, -0.25) is 9.55 Å². The third kappa shape index (κ3) is 2.94. The van der Waals surface area contributed by atoms with Crippen molar-refractivity contribution >= 4 is 17.0 Å². The Balaban J connectivity index is 1.51. The molecule has 6 heteroatoms. The van der Waals surface area contributed by atoms with E-state index in [1.165, 1.54) is 5.56 Å². The highest BCUT2D eigenvalue weighted by molar-refractivity contribution is 5.76. The standard InChI is InChI=1S/C18H16N6/c1-2-6-16-15(5-1)22-13-24(16)17-8-11-21-18(23-17)20-10-7-14-4-3-9-19-12-14/h1-6,8-9,11-13H,7,10H2,(H,20,21,23). The van der Waals surface area contributed by atoms with Gasteiger partial charge in [-0.05, 0) is 36.2 Å². The number of rotatable bonds is 5. The molecule has 6 nitrogen and oxygen atoms in total. The monoisotopic (exact) mass is 316 g/mol. The van der Waals surface area contributed by atoms with Crippen LogP contribution in [0.25, 0.3) is 16.9 Å². The van der Waals surface area contributed by atoms with Crippen molar-refractivity contribution in [3.8, 4) is 5.82 Å². The van der Waals surface area contributed by atoms with Crippen LogP contribution in [0.1, 0.15) is 5.56 Å². The van der Waals surface area contributed by atoms with Crippen LogP contribution in [0.15, 0.2) is 67.4 Å². The molecule has 0 aliphatic heterocycles. The van der Waals surface area contributed by atoms with Gasteiger partial charge in [-0.15, -0.1) is 0 Å². The van der Waals surface area contributed by atoms with E-state index in [0.717, 1.165) is 29.8 Å². The van der Waals surface area contributed by atoms with Crippen molar-refractivity contribution in [2.45, 2.75) is 6.42 Å². The molecular weight excluding hydrogens is 300 g/mol. The summed E-state index contributed by atoms with van der Waals surface area (Å²) in [7, 11) is 0. The van der Waals surface area contributed by atoms with Crippen LogP contribution < -0.4 is 5.32 Å². The molecule has 3 aromatic heterocycles. The van der Waals surface area contributed by atoms with Crippen molar-refractivity contribution in [2.24, 2.45) is 0 Å². The van der Waals surface area contributed by atoms with Crippen LogP contribution in [0.3, 0.4) is 0 Å². The number of nitrogens with one attached hydrogen (secondary N) is 1. The molecule has 0 radical (unpaired) electrons. The molecule has 0 aliphatic carbocycles. The van der Waals surface area contributed by atoms with Gasteiger partial charge >= 0.3 is 0 Å². The molecule has 0 saturated heterocycles. The van der Waals surface area contributed by atoms with Gasteiger partial charge in [0.05, 0.1) is 11.0 Å². The summed E-state index contributed by atoms with van der Waals surface area (Å²) in [6.45, 7) is 0.750. The number of hydrogen-bond acceptors (Lipinski definition) is 5. The normalized spacial score (nSPS) is 10.8. The van der Waals surface area contributed by atoms with E-state index in [9.17, 15) is 0 Å². The summed E-state index contributed by atoms with van der Waals surface area (Å²) >= 11 is 0. The molecule has 3 heterocycles. The second-order valence-electron chi connectivity index (χ2n) is 5.38. The number of imidazole rings is 1. The summed E-state index contributed by atoms with van der Waals surface area (Å²) in [5.41, 5.74) is 3.15. The third-order valence-corrected chi connectivity index (χ3v) is 3.76. The van der Waals surface area contributed by atoms with Crippen LogP contribution in [0.2, 0.25) is 0 Å². The summed E-state index contributed by atoms with van der Waals surface area (Å²) in [4.78, 5) is 17.4. The Bertz CT molecular complexity index is 948. The first-order valence-corrected chi connectivity index (χ1v) is 7.78. The van der Waals surface area contributed by atoms with Gasteiger partial charge in [0.25, 0.3) is 0 Å². The Hall–Kier alpha value is -3.28. The topological polar surface area (TPSA) is 68.5 Å². The van der Waals surface area contributed by atoms with Crippen molar-refractivity contribution in [3.63, 3.8) is 0 Å². The van der Waals surface area contributed by atoms with E-state index in [-0.39, 0.29) is 0 Å². The zero-order valence-electron chi connectivity index (χ0n) is 13.0. The maximum Gasteiger partial charge on any atom is 0.224 e. The molecule has 0 amide bonds. The fraction of sp³-hybridized carbons (Fsp3) is 0.111. The van der Waals surface area contributed by atoms with E-state index < -0.39 is 0 Å². The molecule has 0 aliphatic rings. The molecule has 0 saturated carbocycles. The zero-order valence-corrected chi connectivity index (χ0v) is 13.0. The van der Waals surface area contributed by atoms with Crippen molar-refractivity contribution in [2.75, 3.05) is 11.9 Å². The first-order chi connectivity index (χ1) is 11.9. The van der Waals surface area contributed by atoms with Crippen LogP contribution >= 0.6 is 0 Å². The maximum atomic E-state index is 4.58. The Morgan fingerprint density at radius 2 is 1.92 bits per heavy atom. The molecule has 0 spiro atoms. The predicted octanol–water partition coefficient (Wildman–Crippen LogP) is 2.87. The third-order valence-electron chi connectivity index (χ3n) is 3.76. The van der Waals surface area contributed by atoms with E-state index in [1.54, 1.807) is 18.7 Å². The molecular formula is C18H16N6. The van der Waals surface area contributed by atoms with Gasteiger partial charge in [0.15, 0.2) is 0 Å². The lowest BCUT2D eigenvalue weighted by Crippen LogP contribution is -2.09. The van der Waals surface area contributed by atoms with Gasteiger partial charge in [0, 0.05) is 25.1 Å². The highest BCUT2D eigenvalue weighted by Gasteiger charge is 2.06. The molecule has 4 aromatic rings. The van der Waals surface area contributed by atoms with Gasteiger partial charge in [-0.25, -0.2) is 9.97 Å². The molecule has 4 rings (SSSR count). The van der Waals surface area contributed by atoms with Crippen LogP contribution in [0, 0.1) is 0 Å². The average molecular weight is 316 g/mol. The van der Waals surface area contributed by atoms with Gasteiger partial charge in [0.2, 0.25) is 5.95 Å². The summed E-state index contributed by atoms with van der Waals surface area (Å²) in [6.07, 6.45) is 8.06. The minimum absolute atomic E-state index is 0.606. The number of hydrogen-bond donors (Lipinski definition) is 1. The van der Waals surface area contributed by atoms with E-state index >= 15 is 0 Å². The Morgan fingerprint density at radius 3 is 2.83 bits per heavy atom. The number of nitrogens with zero attached hydrogens (tertiary/aromatic N) is 5. The lowest BCUT2D eigenvalue weighted by atomic mass is 10.2. The van der Waals surface area contributed by atoms with Gasteiger partial charge in [-0.1, -0.05) is 18.2 Å². The Labute approximate surface area is 139 Å². The zero-order chi connectivity index (χ0) is 16.2. The highest BCUT2D eigenvalue weighted by atomic mass is 15.2. The Kier molecular flexibility index (Phi) is 3.85. The van der Waals surface area contributed by atoms with Crippen LogP contribution in [0.4, 0.5) is 5.95 Å². The first-order valence-electron chi connectivity index (χ1n) is 7.78. The number of benzene rings is 1. The molecule has 24 heavy (non-hydrogen) atoms. The number of pyridine rings is 1. The Morgan fingerprint density at radius 1 is 0.958 bits per heavy atom. The number of aromatic nitrogens is 5. The van der Waals surface area contributed by atoms with Crippen LogP contribution in [-0.4, -0.2) is 31.0 Å². The summed E-state index contributed by atoms with van der Waals surface area (Å²) in [5, 5.41) is 3.26. The van der Waals surface area contributed by atoms with Gasteiger partial charge in [0.1, 0.15) is 12.1 Å². The molecule has 0 bridgehead atoms. The summed E-state index contributed by atoms with van der Waals surface area (Å²) in [6, 6.07) is 13.9. The quantitative estimate of drug-likeness (QED) is 0.613.